The Morgan fingerprint density at radius 1 is 0.750 bits per heavy atom. The molecular formula is C13H6OY2-2. The van der Waals surface area contributed by atoms with Crippen molar-refractivity contribution in [2.24, 2.45) is 0 Å². The third kappa shape index (κ3) is 2.16. The van der Waals surface area contributed by atoms with Gasteiger partial charge in [-0.1, -0.05) is 11.1 Å². The summed E-state index contributed by atoms with van der Waals surface area (Å²) in [5.41, 5.74) is 3.53. The van der Waals surface area contributed by atoms with E-state index in [4.69, 9.17) is 0 Å². The molecule has 2 aromatic carbocycles. The van der Waals surface area contributed by atoms with E-state index in [2.05, 4.69) is 12.1 Å². The number of rotatable bonds is 0. The van der Waals surface area contributed by atoms with Crippen molar-refractivity contribution in [3.63, 3.8) is 0 Å². The third-order valence-electron chi connectivity index (χ3n) is 2.51. The summed E-state index contributed by atoms with van der Waals surface area (Å²) in [5, 5.41) is 0. The molecule has 0 saturated heterocycles. The van der Waals surface area contributed by atoms with Crippen LogP contribution in [0.3, 0.4) is 0 Å². The molecule has 0 N–H and O–H groups in total. The molecule has 0 atom stereocenters. The summed E-state index contributed by atoms with van der Waals surface area (Å²) in [6.07, 6.45) is 0. The fourth-order valence-corrected chi connectivity index (χ4v) is 1.85. The van der Waals surface area contributed by atoms with Gasteiger partial charge in [0.15, 0.2) is 0 Å². The predicted octanol–water partition coefficient (Wildman–Crippen LogP) is 2.49. The van der Waals surface area contributed by atoms with Crippen LogP contribution in [0.2, 0.25) is 0 Å². The minimum absolute atomic E-state index is 0. The second-order valence-electron chi connectivity index (χ2n) is 3.27. The molecule has 16 heavy (non-hydrogen) atoms. The van der Waals surface area contributed by atoms with Gasteiger partial charge in [0.25, 0.3) is 0 Å². The first kappa shape index (κ1) is 14.4. The Labute approximate surface area is 145 Å². The largest absolute Gasteiger partial charge is 0.318 e. The number of fused-ring (bicyclic) bond motifs is 3. The first-order chi connectivity index (χ1) is 6.88. The van der Waals surface area contributed by atoms with Crippen LogP contribution in [0.1, 0.15) is 15.9 Å². The first-order valence-corrected chi connectivity index (χ1v) is 4.43. The van der Waals surface area contributed by atoms with Gasteiger partial charge in [-0.15, -0.1) is 11.1 Å². The van der Waals surface area contributed by atoms with Crippen LogP contribution in [-0.2, 0) is 65.4 Å². The molecule has 2 aromatic rings. The number of benzene rings is 2. The maximum Gasteiger partial charge on any atom is 0.0844 e. The van der Waals surface area contributed by atoms with Gasteiger partial charge in [-0.05, 0) is 0 Å². The Hall–Kier alpha value is 0.318. The summed E-state index contributed by atoms with van der Waals surface area (Å²) in [6, 6.07) is 16.9. The summed E-state index contributed by atoms with van der Waals surface area (Å²) in [4.78, 5) is 11.8. The van der Waals surface area contributed by atoms with Gasteiger partial charge in [-0.2, -0.15) is 48.5 Å². The van der Waals surface area contributed by atoms with E-state index >= 15 is 0 Å². The Morgan fingerprint density at radius 3 is 1.62 bits per heavy atom. The molecule has 0 amide bonds. The molecule has 0 fully saturated rings. The molecule has 0 aromatic heterocycles. The van der Waals surface area contributed by atoms with E-state index in [9.17, 15) is 4.79 Å². The van der Waals surface area contributed by atoms with Crippen molar-refractivity contribution in [1.82, 2.24) is 0 Å². The average molecular weight is 356 g/mol. The average Bonchev–Trinajstić information content (AvgIpc) is 2.55. The number of hydrogen-bond acceptors (Lipinski definition) is 1. The molecule has 0 unspecified atom stereocenters. The zero-order valence-electron chi connectivity index (χ0n) is 8.53. The van der Waals surface area contributed by atoms with Crippen molar-refractivity contribution < 1.29 is 70.2 Å². The van der Waals surface area contributed by atoms with Crippen LogP contribution in [-0.4, -0.2) is 5.78 Å². The predicted molar refractivity (Wildman–Crippen MR) is 53.0 cm³/mol. The molecule has 1 nitrogen and oxygen atoms in total. The van der Waals surface area contributed by atoms with Gasteiger partial charge < -0.3 is 4.79 Å². The van der Waals surface area contributed by atoms with Crippen molar-refractivity contribution in [3.8, 4) is 11.1 Å². The van der Waals surface area contributed by atoms with Gasteiger partial charge in [0, 0.05) is 65.4 Å². The molecule has 3 heteroatoms. The molecular weight excluding hydrogens is 350 g/mol. The Morgan fingerprint density at radius 2 is 1.19 bits per heavy atom. The maximum atomic E-state index is 11.8. The second kappa shape index (κ2) is 5.78. The first-order valence-electron chi connectivity index (χ1n) is 4.43. The van der Waals surface area contributed by atoms with Gasteiger partial charge in [0.05, 0.1) is 5.78 Å². The number of carbonyl (C=O) groups is 1. The standard InChI is InChI=1S/C13H6O.2Y/c14-13-11-7-3-1-5-9(11)10-6-2-4-8-12(10)13;;/h1-2,5-8H;;/q-2;;. The van der Waals surface area contributed by atoms with Crippen LogP contribution >= 0.6 is 0 Å². The summed E-state index contributed by atoms with van der Waals surface area (Å²) in [5.74, 6) is 0.0868. The molecule has 72 valence electrons. The molecule has 0 spiro atoms. The number of ketones is 1. The molecule has 1 aliphatic rings. The van der Waals surface area contributed by atoms with Crippen molar-refractivity contribution in [2.75, 3.05) is 0 Å². The SMILES string of the molecule is O=C1c2c[c-]ccc2-c2cc[c-]cc21.[Y].[Y]. The summed E-state index contributed by atoms with van der Waals surface area (Å²) in [7, 11) is 0. The molecule has 2 radical (unpaired) electrons. The second-order valence-corrected chi connectivity index (χ2v) is 3.27. The zero-order chi connectivity index (χ0) is 9.54. The fraction of sp³-hybridized carbons (Fsp3) is 0. The van der Waals surface area contributed by atoms with Crippen molar-refractivity contribution in [1.29, 1.82) is 0 Å². The van der Waals surface area contributed by atoms with Crippen LogP contribution in [0.15, 0.2) is 36.4 Å². The molecule has 3 rings (SSSR count). The van der Waals surface area contributed by atoms with Gasteiger partial charge >= 0.3 is 0 Å². The van der Waals surface area contributed by atoms with E-state index < -0.39 is 0 Å². The van der Waals surface area contributed by atoms with Gasteiger partial charge in [-0.25, -0.2) is 0 Å². The smallest absolute Gasteiger partial charge is 0.0844 e. The number of carbonyl (C=O) groups excluding carboxylic acids is 1. The van der Waals surface area contributed by atoms with E-state index in [0.717, 1.165) is 22.3 Å². The van der Waals surface area contributed by atoms with Crippen molar-refractivity contribution in [3.05, 3.63) is 59.7 Å². The van der Waals surface area contributed by atoms with Crippen LogP contribution < -0.4 is 0 Å². The van der Waals surface area contributed by atoms with Crippen LogP contribution in [0.25, 0.3) is 11.1 Å². The fourth-order valence-electron chi connectivity index (χ4n) is 1.85. The molecule has 0 bridgehead atoms. The van der Waals surface area contributed by atoms with E-state index in [1.165, 1.54) is 0 Å². The van der Waals surface area contributed by atoms with Gasteiger partial charge in [0.2, 0.25) is 0 Å². The van der Waals surface area contributed by atoms with E-state index in [-0.39, 0.29) is 71.2 Å². The van der Waals surface area contributed by atoms with Gasteiger partial charge in [-0.3, -0.25) is 0 Å². The van der Waals surface area contributed by atoms with Crippen LogP contribution in [0.4, 0.5) is 0 Å². The number of hydrogen-bond donors (Lipinski definition) is 0. The zero-order valence-corrected chi connectivity index (χ0v) is 14.2. The molecule has 0 saturated carbocycles. The van der Waals surface area contributed by atoms with E-state index in [1.807, 2.05) is 24.3 Å². The minimum atomic E-state index is 0. The summed E-state index contributed by atoms with van der Waals surface area (Å²) < 4.78 is 0. The minimum Gasteiger partial charge on any atom is -0.318 e. The summed E-state index contributed by atoms with van der Waals surface area (Å²) in [6.45, 7) is 0. The molecule has 0 heterocycles. The van der Waals surface area contributed by atoms with E-state index in [1.54, 1.807) is 12.1 Å². The van der Waals surface area contributed by atoms with Crippen LogP contribution in [0.5, 0.6) is 0 Å². The maximum absolute atomic E-state index is 11.8. The van der Waals surface area contributed by atoms with Crippen molar-refractivity contribution in [2.45, 2.75) is 0 Å². The normalized spacial score (nSPS) is 10.9. The van der Waals surface area contributed by atoms with Crippen molar-refractivity contribution >= 4 is 5.78 Å². The Balaban J connectivity index is 0.000000640. The summed E-state index contributed by atoms with van der Waals surface area (Å²) >= 11 is 0. The van der Waals surface area contributed by atoms with E-state index in [0.29, 0.717) is 0 Å². The monoisotopic (exact) mass is 356 g/mol. The quantitative estimate of drug-likeness (QED) is 0.566. The molecule has 0 aliphatic heterocycles. The topological polar surface area (TPSA) is 17.1 Å². The van der Waals surface area contributed by atoms with Gasteiger partial charge in [0.1, 0.15) is 0 Å². The Bertz CT molecular complexity index is 487. The molecule has 1 aliphatic carbocycles. The Kier molecular flexibility index (Phi) is 5.19. The van der Waals surface area contributed by atoms with Crippen LogP contribution in [0, 0.1) is 12.1 Å². The third-order valence-corrected chi connectivity index (χ3v) is 2.51.